The molecule has 0 aliphatic heterocycles. The lowest BCUT2D eigenvalue weighted by Crippen LogP contribution is -2.36. The van der Waals surface area contributed by atoms with E-state index in [1.54, 1.807) is 35.5 Å². The Morgan fingerprint density at radius 3 is 2.62 bits per heavy atom. The first-order chi connectivity index (χ1) is 10.2. The fourth-order valence-corrected chi connectivity index (χ4v) is 2.19. The molecule has 0 saturated heterocycles. The monoisotopic (exact) mass is 285 g/mol. The van der Waals surface area contributed by atoms with Crippen LogP contribution in [-0.4, -0.2) is 22.0 Å². The number of para-hydroxylation sites is 1. The van der Waals surface area contributed by atoms with Crippen LogP contribution in [-0.2, 0) is 6.54 Å². The fraction of sp³-hybridized carbons (Fsp3) is 0.250. The van der Waals surface area contributed by atoms with Crippen molar-refractivity contribution in [3.8, 4) is 0 Å². The van der Waals surface area contributed by atoms with Gasteiger partial charge in [0.05, 0.1) is 5.69 Å². The van der Waals surface area contributed by atoms with Gasteiger partial charge in [-0.3, -0.25) is 4.98 Å². The molecule has 0 radical (unpaired) electrons. The number of aromatic nitrogens is 1. The Morgan fingerprint density at radius 2 is 1.95 bits per heavy atom. The molecule has 1 aromatic heterocycles. The lowest BCUT2D eigenvalue weighted by Gasteiger charge is -2.23. The Bertz CT molecular complexity index is 628. The zero-order chi connectivity index (χ0) is 14.7. The van der Waals surface area contributed by atoms with Crippen LogP contribution in [0, 0.1) is 5.82 Å². The maximum atomic E-state index is 13.6. The normalized spacial score (nSPS) is 13.8. The van der Waals surface area contributed by atoms with E-state index < -0.39 is 5.82 Å². The highest BCUT2D eigenvalue weighted by Crippen LogP contribution is 2.29. The number of nitrogens with one attached hydrogen (secondary N) is 1. The number of hydrogen-bond acceptors (Lipinski definition) is 2. The second-order valence-electron chi connectivity index (χ2n) is 5.12. The minimum Gasteiger partial charge on any atom is -0.317 e. The second kappa shape index (κ2) is 5.91. The van der Waals surface area contributed by atoms with E-state index >= 15 is 0 Å². The molecule has 2 amide bonds. The van der Waals surface area contributed by atoms with Crippen LogP contribution in [0.5, 0.6) is 0 Å². The van der Waals surface area contributed by atoms with Crippen molar-refractivity contribution >= 4 is 11.7 Å². The van der Waals surface area contributed by atoms with Crippen molar-refractivity contribution in [1.29, 1.82) is 0 Å². The van der Waals surface area contributed by atoms with Gasteiger partial charge < -0.3 is 10.2 Å². The number of nitrogens with zero attached hydrogens (tertiary/aromatic N) is 2. The molecule has 1 aliphatic carbocycles. The second-order valence-corrected chi connectivity index (χ2v) is 5.12. The standard InChI is InChI=1S/C16H16FN3O/c17-14-3-1-2-4-15(14)19-16(21)20(13-5-6-13)11-12-7-9-18-10-8-12/h1-4,7-10,13H,5-6,11H2,(H,19,21). The molecule has 108 valence electrons. The van der Waals surface area contributed by atoms with E-state index in [0.29, 0.717) is 6.54 Å². The predicted octanol–water partition coefficient (Wildman–Crippen LogP) is 3.42. The highest BCUT2D eigenvalue weighted by atomic mass is 19.1. The number of carbonyl (C=O) groups excluding carboxylic acids is 1. The summed E-state index contributed by atoms with van der Waals surface area (Å²) in [5.41, 5.74) is 1.23. The average Bonchev–Trinajstić information content (AvgIpc) is 3.33. The van der Waals surface area contributed by atoms with Gasteiger partial charge >= 0.3 is 6.03 Å². The number of hydrogen-bond donors (Lipinski definition) is 1. The maximum Gasteiger partial charge on any atom is 0.322 e. The Kier molecular flexibility index (Phi) is 3.81. The molecule has 1 saturated carbocycles. The number of anilines is 1. The maximum absolute atomic E-state index is 13.6. The molecule has 21 heavy (non-hydrogen) atoms. The summed E-state index contributed by atoms with van der Waals surface area (Å²) in [5.74, 6) is -0.425. The van der Waals surface area contributed by atoms with Gasteiger partial charge in [-0.2, -0.15) is 0 Å². The summed E-state index contributed by atoms with van der Waals surface area (Å²) in [6, 6.07) is 9.93. The van der Waals surface area contributed by atoms with Crippen LogP contribution in [0.3, 0.4) is 0 Å². The van der Waals surface area contributed by atoms with E-state index in [-0.39, 0.29) is 17.8 Å². The Balaban J connectivity index is 1.72. The van der Waals surface area contributed by atoms with Gasteiger partial charge in [0.15, 0.2) is 0 Å². The van der Waals surface area contributed by atoms with Gasteiger partial charge in [0, 0.05) is 25.0 Å². The molecule has 1 heterocycles. The molecule has 1 aromatic carbocycles. The van der Waals surface area contributed by atoms with Gasteiger partial charge in [0.2, 0.25) is 0 Å². The lowest BCUT2D eigenvalue weighted by atomic mass is 10.2. The number of urea groups is 1. The van der Waals surface area contributed by atoms with Crippen LogP contribution in [0.15, 0.2) is 48.8 Å². The smallest absolute Gasteiger partial charge is 0.317 e. The third kappa shape index (κ3) is 3.37. The Labute approximate surface area is 122 Å². The van der Waals surface area contributed by atoms with Crippen molar-refractivity contribution in [2.75, 3.05) is 5.32 Å². The summed E-state index contributed by atoms with van der Waals surface area (Å²) < 4.78 is 13.6. The van der Waals surface area contributed by atoms with Crippen LogP contribution in [0.1, 0.15) is 18.4 Å². The summed E-state index contributed by atoms with van der Waals surface area (Å²) >= 11 is 0. The summed E-state index contributed by atoms with van der Waals surface area (Å²) in [6.45, 7) is 0.507. The molecule has 0 unspecified atom stereocenters. The van der Waals surface area contributed by atoms with E-state index in [9.17, 15) is 9.18 Å². The Hall–Kier alpha value is -2.43. The van der Waals surface area contributed by atoms with E-state index in [1.165, 1.54) is 6.07 Å². The van der Waals surface area contributed by atoms with Crippen LogP contribution in [0.2, 0.25) is 0 Å². The van der Waals surface area contributed by atoms with Crippen LogP contribution < -0.4 is 5.32 Å². The average molecular weight is 285 g/mol. The third-order valence-corrected chi connectivity index (χ3v) is 3.47. The van der Waals surface area contributed by atoms with Crippen molar-refractivity contribution in [1.82, 2.24) is 9.88 Å². The minimum atomic E-state index is -0.425. The molecule has 0 atom stereocenters. The van der Waals surface area contributed by atoms with E-state index in [0.717, 1.165) is 18.4 Å². The topological polar surface area (TPSA) is 45.2 Å². The number of carbonyl (C=O) groups is 1. The molecular weight excluding hydrogens is 269 g/mol. The first kappa shape index (κ1) is 13.5. The molecule has 0 bridgehead atoms. The van der Waals surface area contributed by atoms with E-state index in [4.69, 9.17) is 0 Å². The summed E-state index contributed by atoms with van der Waals surface area (Å²) in [6.07, 6.45) is 5.40. The number of halogens is 1. The van der Waals surface area contributed by atoms with Gasteiger partial charge in [-0.05, 0) is 42.7 Å². The highest BCUT2D eigenvalue weighted by molar-refractivity contribution is 5.89. The molecule has 3 rings (SSSR count). The number of benzene rings is 1. The van der Waals surface area contributed by atoms with Crippen molar-refractivity contribution in [2.24, 2.45) is 0 Å². The van der Waals surface area contributed by atoms with E-state index in [1.807, 2.05) is 12.1 Å². The van der Waals surface area contributed by atoms with Crippen LogP contribution in [0.4, 0.5) is 14.9 Å². The van der Waals surface area contributed by atoms with Gasteiger partial charge in [0.25, 0.3) is 0 Å². The van der Waals surface area contributed by atoms with Crippen molar-refractivity contribution in [3.05, 3.63) is 60.2 Å². The number of pyridine rings is 1. The van der Waals surface area contributed by atoms with Gasteiger partial charge in [-0.1, -0.05) is 12.1 Å². The fourth-order valence-electron chi connectivity index (χ4n) is 2.19. The summed E-state index contributed by atoms with van der Waals surface area (Å²) in [4.78, 5) is 18.1. The highest BCUT2D eigenvalue weighted by Gasteiger charge is 2.32. The zero-order valence-electron chi connectivity index (χ0n) is 11.5. The molecule has 1 fully saturated rings. The van der Waals surface area contributed by atoms with Gasteiger partial charge in [0.1, 0.15) is 5.82 Å². The number of amides is 2. The quantitative estimate of drug-likeness (QED) is 0.935. The predicted molar refractivity (Wildman–Crippen MR) is 78.2 cm³/mol. The SMILES string of the molecule is O=C(Nc1ccccc1F)N(Cc1ccncc1)C1CC1. The molecule has 1 N–H and O–H groups in total. The molecule has 0 spiro atoms. The summed E-state index contributed by atoms with van der Waals surface area (Å²) in [7, 11) is 0. The largest absolute Gasteiger partial charge is 0.322 e. The molecular formula is C16H16FN3O. The molecule has 2 aromatic rings. The van der Waals surface area contributed by atoms with E-state index in [2.05, 4.69) is 10.3 Å². The third-order valence-electron chi connectivity index (χ3n) is 3.47. The van der Waals surface area contributed by atoms with Crippen molar-refractivity contribution in [3.63, 3.8) is 0 Å². The lowest BCUT2D eigenvalue weighted by molar-refractivity contribution is 0.206. The number of rotatable bonds is 4. The zero-order valence-corrected chi connectivity index (χ0v) is 11.5. The molecule has 5 heteroatoms. The molecule has 4 nitrogen and oxygen atoms in total. The first-order valence-corrected chi connectivity index (χ1v) is 6.95. The van der Waals surface area contributed by atoms with Crippen molar-refractivity contribution in [2.45, 2.75) is 25.4 Å². The Morgan fingerprint density at radius 1 is 1.24 bits per heavy atom. The van der Waals surface area contributed by atoms with Crippen molar-refractivity contribution < 1.29 is 9.18 Å². The summed E-state index contributed by atoms with van der Waals surface area (Å²) in [5, 5.41) is 2.65. The van der Waals surface area contributed by atoms with Gasteiger partial charge in [-0.25, -0.2) is 9.18 Å². The van der Waals surface area contributed by atoms with Crippen LogP contribution >= 0.6 is 0 Å². The van der Waals surface area contributed by atoms with Gasteiger partial charge in [-0.15, -0.1) is 0 Å². The first-order valence-electron chi connectivity index (χ1n) is 6.95. The van der Waals surface area contributed by atoms with Crippen LogP contribution in [0.25, 0.3) is 0 Å². The minimum absolute atomic E-state index is 0.211. The molecule has 1 aliphatic rings.